The van der Waals surface area contributed by atoms with Crippen LogP contribution in [0.2, 0.25) is 0 Å². The minimum absolute atomic E-state index is 0.202. The van der Waals surface area contributed by atoms with Crippen molar-refractivity contribution in [1.82, 2.24) is 0 Å². The van der Waals surface area contributed by atoms with Crippen LogP contribution in [-0.4, -0.2) is 10.2 Å². The van der Waals surface area contributed by atoms with Crippen molar-refractivity contribution in [1.29, 1.82) is 10.5 Å². The number of nitriles is 2. The molecule has 0 heterocycles. The Labute approximate surface area is 234 Å². The number of phenols is 2. The lowest BCUT2D eigenvalue weighted by Gasteiger charge is -2.16. The molecule has 4 heteroatoms. The fourth-order valence-electron chi connectivity index (χ4n) is 5.07. The van der Waals surface area contributed by atoms with Crippen molar-refractivity contribution < 1.29 is 10.2 Å². The summed E-state index contributed by atoms with van der Waals surface area (Å²) in [6.07, 6.45) is 9.40. The number of aryl methyl sites for hydroxylation is 2. The number of nitrogens with zero attached hydrogens (tertiary/aromatic N) is 2. The Kier molecular flexibility index (Phi) is 7.91. The predicted molar refractivity (Wildman–Crippen MR) is 159 cm³/mol. The molecule has 0 spiro atoms. The molecule has 0 fully saturated rings. The molecule has 40 heavy (non-hydrogen) atoms. The second-order valence-electron chi connectivity index (χ2n) is 9.79. The largest absolute Gasteiger partial charge is 0.508 e. The van der Waals surface area contributed by atoms with Gasteiger partial charge in [-0.2, -0.15) is 10.5 Å². The Bertz CT molecular complexity index is 1690. The van der Waals surface area contributed by atoms with Gasteiger partial charge in [-0.15, -0.1) is 0 Å². The van der Waals surface area contributed by atoms with Gasteiger partial charge in [-0.3, -0.25) is 0 Å². The SMILES string of the molecule is N#CC1=C(/C=C/c2ccc(CCc3cccc(-c4ccc(O)cc4)c3C#N)cc2)CCC=C1c1ccc(O)cc1. The highest BCUT2D eigenvalue weighted by atomic mass is 16.3. The Morgan fingerprint density at radius 3 is 2.02 bits per heavy atom. The number of aromatic hydroxyl groups is 2. The lowest BCUT2D eigenvalue weighted by atomic mass is 9.87. The van der Waals surface area contributed by atoms with E-state index in [9.17, 15) is 20.7 Å². The van der Waals surface area contributed by atoms with Gasteiger partial charge in [0.05, 0.1) is 11.1 Å². The van der Waals surface area contributed by atoms with Crippen molar-refractivity contribution in [2.75, 3.05) is 0 Å². The van der Waals surface area contributed by atoms with Crippen LogP contribution in [0.3, 0.4) is 0 Å². The highest BCUT2D eigenvalue weighted by Gasteiger charge is 2.16. The maximum Gasteiger partial charge on any atom is 0.115 e. The van der Waals surface area contributed by atoms with Crippen LogP contribution < -0.4 is 0 Å². The molecule has 194 valence electrons. The van der Waals surface area contributed by atoms with E-state index in [-0.39, 0.29) is 11.5 Å². The third-order valence-corrected chi connectivity index (χ3v) is 7.22. The molecule has 0 bridgehead atoms. The van der Waals surface area contributed by atoms with Gasteiger partial charge in [-0.25, -0.2) is 0 Å². The van der Waals surface area contributed by atoms with Gasteiger partial charge in [0.2, 0.25) is 0 Å². The number of allylic oxidation sites excluding steroid dienone is 5. The van der Waals surface area contributed by atoms with E-state index >= 15 is 0 Å². The molecule has 0 radical (unpaired) electrons. The molecule has 1 aliphatic carbocycles. The molecule has 4 nitrogen and oxygen atoms in total. The molecule has 1 aliphatic rings. The Morgan fingerprint density at radius 1 is 0.700 bits per heavy atom. The summed E-state index contributed by atoms with van der Waals surface area (Å²) in [6.45, 7) is 0. The van der Waals surface area contributed by atoms with Crippen LogP contribution in [0.4, 0.5) is 0 Å². The van der Waals surface area contributed by atoms with Crippen LogP contribution in [0.25, 0.3) is 22.8 Å². The molecule has 0 amide bonds. The molecule has 0 saturated carbocycles. The van der Waals surface area contributed by atoms with Gasteiger partial charge in [-0.05, 0) is 94.5 Å². The Balaban J connectivity index is 1.29. The maximum absolute atomic E-state index is 9.90. The summed E-state index contributed by atoms with van der Waals surface area (Å²) in [7, 11) is 0. The van der Waals surface area contributed by atoms with Crippen LogP contribution in [0, 0.1) is 22.7 Å². The zero-order chi connectivity index (χ0) is 27.9. The summed E-state index contributed by atoms with van der Waals surface area (Å²) in [5, 5.41) is 39.0. The maximum atomic E-state index is 9.90. The van der Waals surface area contributed by atoms with E-state index < -0.39 is 0 Å². The molecular formula is C36H28N2O2. The first-order valence-electron chi connectivity index (χ1n) is 13.3. The number of rotatable bonds is 7. The van der Waals surface area contributed by atoms with E-state index in [1.165, 1.54) is 5.56 Å². The number of phenolic OH excluding ortho intramolecular Hbond substituents is 2. The summed E-state index contributed by atoms with van der Waals surface area (Å²) in [4.78, 5) is 0. The van der Waals surface area contributed by atoms with Gasteiger partial charge >= 0.3 is 0 Å². The van der Waals surface area contributed by atoms with Crippen molar-refractivity contribution in [2.45, 2.75) is 25.7 Å². The van der Waals surface area contributed by atoms with Gasteiger partial charge < -0.3 is 10.2 Å². The molecular weight excluding hydrogens is 492 g/mol. The quantitative estimate of drug-likeness (QED) is 0.257. The van der Waals surface area contributed by atoms with Crippen molar-refractivity contribution in [3.63, 3.8) is 0 Å². The zero-order valence-corrected chi connectivity index (χ0v) is 22.0. The van der Waals surface area contributed by atoms with Gasteiger partial charge in [0.15, 0.2) is 0 Å². The monoisotopic (exact) mass is 520 g/mol. The summed E-state index contributed by atoms with van der Waals surface area (Å²) >= 11 is 0. The average Bonchev–Trinajstić information content (AvgIpc) is 3.00. The minimum Gasteiger partial charge on any atom is -0.508 e. The molecule has 2 N–H and O–H groups in total. The van der Waals surface area contributed by atoms with Crippen molar-refractivity contribution in [3.05, 3.63) is 142 Å². The standard InChI is InChI=1S/C36H28N2O2/c37-23-35-27(3-1-5-33(35)29-15-19-31(39)20-16-29)13-11-25-7-9-26(10-8-25)12-14-28-4-2-6-34(36(28)24-38)30-17-21-32(40)22-18-30/h1,3,5-10,12,14-22,39-40H,2,4,11,13H2/b14-12+. The summed E-state index contributed by atoms with van der Waals surface area (Å²) in [5.41, 5.74) is 9.22. The predicted octanol–water partition coefficient (Wildman–Crippen LogP) is 8.13. The first kappa shape index (κ1) is 26.3. The highest BCUT2D eigenvalue weighted by Crippen LogP contribution is 2.34. The van der Waals surface area contributed by atoms with E-state index in [2.05, 4.69) is 42.5 Å². The van der Waals surface area contributed by atoms with E-state index in [1.807, 2.05) is 54.6 Å². The Hall–Kier alpha value is -5.32. The molecule has 0 aromatic heterocycles. The smallest absolute Gasteiger partial charge is 0.115 e. The van der Waals surface area contributed by atoms with E-state index in [4.69, 9.17) is 0 Å². The average molecular weight is 521 g/mol. The molecule has 5 rings (SSSR count). The second kappa shape index (κ2) is 12.0. The molecule has 0 aliphatic heterocycles. The van der Waals surface area contributed by atoms with Crippen LogP contribution in [-0.2, 0) is 12.8 Å². The molecule has 0 atom stereocenters. The van der Waals surface area contributed by atoms with Crippen LogP contribution in [0.1, 0.15) is 40.7 Å². The van der Waals surface area contributed by atoms with E-state index in [0.29, 0.717) is 11.1 Å². The summed E-state index contributed by atoms with van der Waals surface area (Å²) < 4.78 is 0. The molecule has 0 unspecified atom stereocenters. The highest BCUT2D eigenvalue weighted by molar-refractivity contribution is 5.86. The van der Waals surface area contributed by atoms with Gasteiger partial charge in [0.25, 0.3) is 0 Å². The van der Waals surface area contributed by atoms with Crippen LogP contribution in [0.15, 0.2) is 114 Å². The third-order valence-electron chi connectivity index (χ3n) is 7.22. The summed E-state index contributed by atoms with van der Waals surface area (Å²) in [6, 6.07) is 33.0. The first-order valence-corrected chi connectivity index (χ1v) is 13.3. The first-order chi connectivity index (χ1) is 19.6. The third kappa shape index (κ3) is 5.88. The minimum atomic E-state index is 0.202. The normalized spacial score (nSPS) is 13.1. The topological polar surface area (TPSA) is 88.0 Å². The van der Waals surface area contributed by atoms with Crippen LogP contribution in [0.5, 0.6) is 11.5 Å². The lowest BCUT2D eigenvalue weighted by molar-refractivity contribution is 0.475. The molecule has 4 aromatic rings. The number of benzene rings is 4. The zero-order valence-electron chi connectivity index (χ0n) is 22.0. The lowest BCUT2D eigenvalue weighted by Crippen LogP contribution is -1.98. The van der Waals surface area contributed by atoms with E-state index in [0.717, 1.165) is 64.6 Å². The summed E-state index contributed by atoms with van der Waals surface area (Å²) in [5.74, 6) is 0.410. The van der Waals surface area contributed by atoms with Gasteiger partial charge in [-0.1, -0.05) is 85.0 Å². The fourth-order valence-corrected chi connectivity index (χ4v) is 5.07. The van der Waals surface area contributed by atoms with E-state index in [1.54, 1.807) is 24.3 Å². The van der Waals surface area contributed by atoms with Gasteiger partial charge in [0.1, 0.15) is 23.6 Å². The number of hydrogen-bond acceptors (Lipinski definition) is 4. The van der Waals surface area contributed by atoms with Crippen molar-refractivity contribution in [2.24, 2.45) is 0 Å². The number of hydrogen-bond donors (Lipinski definition) is 2. The van der Waals surface area contributed by atoms with Crippen molar-refractivity contribution in [3.8, 4) is 34.8 Å². The Morgan fingerprint density at radius 2 is 1.38 bits per heavy atom. The fraction of sp³-hybridized carbons (Fsp3) is 0.111. The second-order valence-corrected chi connectivity index (χ2v) is 9.79. The van der Waals surface area contributed by atoms with Crippen LogP contribution >= 0.6 is 0 Å². The molecule has 4 aromatic carbocycles. The molecule has 0 saturated heterocycles. The van der Waals surface area contributed by atoms with Crippen molar-refractivity contribution >= 4 is 11.6 Å². The van der Waals surface area contributed by atoms with Gasteiger partial charge in [0, 0.05) is 0 Å².